The summed E-state index contributed by atoms with van der Waals surface area (Å²) in [5.41, 5.74) is 1.18. The predicted octanol–water partition coefficient (Wildman–Crippen LogP) is 2.82. The van der Waals surface area contributed by atoms with Crippen LogP contribution >= 0.6 is 0 Å². The molecule has 1 aromatic carbocycles. The molecule has 0 atom stereocenters. The summed E-state index contributed by atoms with van der Waals surface area (Å²) in [7, 11) is 0. The van der Waals surface area contributed by atoms with Crippen LogP contribution in [0.4, 0.5) is 0 Å². The van der Waals surface area contributed by atoms with Crippen LogP contribution in [0.3, 0.4) is 0 Å². The zero-order valence-electron chi connectivity index (χ0n) is 9.37. The molecule has 1 rings (SSSR count). The second-order valence-electron chi connectivity index (χ2n) is 3.43. The molecule has 1 radical (unpaired) electrons. The molecule has 0 aliphatic carbocycles. The highest BCUT2D eigenvalue weighted by molar-refractivity contribution is 5.12. The smallest absolute Gasteiger partial charge is 0.0718 e. The first-order valence-corrected chi connectivity index (χ1v) is 5.54. The maximum absolute atomic E-state index is 5.46. The van der Waals surface area contributed by atoms with Crippen LogP contribution in [-0.2, 0) is 16.1 Å². The summed E-state index contributed by atoms with van der Waals surface area (Å²) in [6, 6.07) is 10.8. The van der Waals surface area contributed by atoms with Gasteiger partial charge in [-0.25, -0.2) is 0 Å². The van der Waals surface area contributed by atoms with E-state index >= 15 is 0 Å². The summed E-state index contributed by atoms with van der Waals surface area (Å²) in [6.07, 6.45) is 2.32. The summed E-state index contributed by atoms with van der Waals surface area (Å²) in [5.74, 6) is 0. The van der Waals surface area contributed by atoms with E-state index in [2.05, 4.69) is 13.0 Å². The Morgan fingerprint density at radius 3 is 2.53 bits per heavy atom. The van der Waals surface area contributed by atoms with E-state index < -0.39 is 0 Å². The molecule has 15 heavy (non-hydrogen) atoms. The highest BCUT2D eigenvalue weighted by Crippen LogP contribution is 1.99. The molecule has 0 bridgehead atoms. The van der Waals surface area contributed by atoms with E-state index in [4.69, 9.17) is 9.47 Å². The van der Waals surface area contributed by atoms with Crippen molar-refractivity contribution < 1.29 is 9.47 Å². The topological polar surface area (TPSA) is 18.5 Å². The van der Waals surface area contributed by atoms with Gasteiger partial charge in [0.2, 0.25) is 0 Å². The third-order valence-electron chi connectivity index (χ3n) is 2.07. The number of hydrogen-bond acceptors (Lipinski definition) is 2. The summed E-state index contributed by atoms with van der Waals surface area (Å²) < 4.78 is 10.8. The maximum atomic E-state index is 5.46. The Hall–Kier alpha value is -0.860. The minimum Gasteiger partial charge on any atom is -0.379 e. The van der Waals surface area contributed by atoms with Crippen molar-refractivity contribution in [1.82, 2.24) is 0 Å². The molecule has 0 aromatic heterocycles. The van der Waals surface area contributed by atoms with Gasteiger partial charge in [-0.1, -0.05) is 37.6 Å². The van der Waals surface area contributed by atoms with Gasteiger partial charge in [0, 0.05) is 6.61 Å². The van der Waals surface area contributed by atoms with Crippen LogP contribution in [-0.4, -0.2) is 19.8 Å². The third kappa shape index (κ3) is 6.26. The standard InChI is InChI=1S/C13H19O2/c1-2-3-9-14-10-11-15-12-13-7-5-4-6-8-13/h5-8H,2-3,9-12H2,1H3. The monoisotopic (exact) mass is 207 g/mol. The Balaban J connectivity index is 1.93. The van der Waals surface area contributed by atoms with Crippen molar-refractivity contribution in [2.45, 2.75) is 26.4 Å². The highest BCUT2D eigenvalue weighted by Gasteiger charge is 1.92. The Bertz CT molecular complexity index is 234. The van der Waals surface area contributed by atoms with Crippen molar-refractivity contribution in [2.24, 2.45) is 0 Å². The Kier molecular flexibility index (Phi) is 6.88. The van der Waals surface area contributed by atoms with E-state index in [-0.39, 0.29) is 0 Å². The molecule has 0 saturated carbocycles. The third-order valence-corrected chi connectivity index (χ3v) is 2.07. The van der Waals surface area contributed by atoms with Gasteiger partial charge in [0.25, 0.3) is 0 Å². The first-order chi connectivity index (χ1) is 7.43. The SMILES string of the molecule is CCCCOCCOCc1cc[c]cc1. The van der Waals surface area contributed by atoms with E-state index in [9.17, 15) is 0 Å². The van der Waals surface area contributed by atoms with E-state index in [1.54, 1.807) is 0 Å². The molecule has 2 heteroatoms. The molecular formula is C13H19O2. The van der Waals surface area contributed by atoms with Crippen LogP contribution in [0.15, 0.2) is 24.3 Å². The van der Waals surface area contributed by atoms with Crippen molar-refractivity contribution in [3.05, 3.63) is 35.9 Å². The quantitative estimate of drug-likeness (QED) is 0.610. The van der Waals surface area contributed by atoms with Gasteiger partial charge < -0.3 is 9.47 Å². The minimum absolute atomic E-state index is 0.659. The lowest BCUT2D eigenvalue weighted by molar-refractivity contribution is 0.0397. The lowest BCUT2D eigenvalue weighted by Gasteiger charge is -2.05. The van der Waals surface area contributed by atoms with Gasteiger partial charge in [-0.15, -0.1) is 0 Å². The van der Waals surface area contributed by atoms with Crippen LogP contribution in [0.25, 0.3) is 0 Å². The molecule has 0 fully saturated rings. The van der Waals surface area contributed by atoms with E-state index in [1.165, 1.54) is 12.0 Å². The molecule has 0 amide bonds. The van der Waals surface area contributed by atoms with E-state index in [0.29, 0.717) is 19.8 Å². The Morgan fingerprint density at radius 1 is 1.07 bits per heavy atom. The molecular weight excluding hydrogens is 188 g/mol. The highest BCUT2D eigenvalue weighted by atomic mass is 16.5. The number of benzene rings is 1. The summed E-state index contributed by atoms with van der Waals surface area (Å²) in [5, 5.41) is 0. The normalized spacial score (nSPS) is 10.5. The van der Waals surface area contributed by atoms with Gasteiger partial charge in [0.1, 0.15) is 0 Å². The van der Waals surface area contributed by atoms with Crippen LogP contribution in [0, 0.1) is 6.07 Å². The predicted molar refractivity (Wildman–Crippen MR) is 60.7 cm³/mol. The molecule has 0 aliphatic rings. The summed E-state index contributed by atoms with van der Waals surface area (Å²) in [6.45, 7) is 5.03. The number of ether oxygens (including phenoxy) is 2. The zero-order valence-corrected chi connectivity index (χ0v) is 9.37. The number of rotatable bonds is 8. The first kappa shape index (κ1) is 12.2. The number of hydrogen-bond donors (Lipinski definition) is 0. The van der Waals surface area contributed by atoms with Gasteiger partial charge >= 0.3 is 0 Å². The maximum Gasteiger partial charge on any atom is 0.0718 e. The molecule has 0 spiro atoms. The lowest BCUT2D eigenvalue weighted by atomic mass is 10.2. The van der Waals surface area contributed by atoms with Crippen LogP contribution in [0.1, 0.15) is 25.3 Å². The largest absolute Gasteiger partial charge is 0.379 e. The minimum atomic E-state index is 0.659. The average Bonchev–Trinajstić information content (AvgIpc) is 2.29. The average molecular weight is 207 g/mol. The van der Waals surface area contributed by atoms with E-state index in [0.717, 1.165) is 13.0 Å². The Labute approximate surface area is 92.2 Å². The molecule has 1 aromatic rings. The molecule has 0 saturated heterocycles. The van der Waals surface area contributed by atoms with Gasteiger partial charge in [0.15, 0.2) is 0 Å². The van der Waals surface area contributed by atoms with Gasteiger partial charge in [0.05, 0.1) is 19.8 Å². The second-order valence-corrected chi connectivity index (χ2v) is 3.43. The molecule has 0 heterocycles. The molecule has 0 aliphatic heterocycles. The zero-order chi connectivity index (χ0) is 10.8. The fraction of sp³-hybridized carbons (Fsp3) is 0.538. The van der Waals surface area contributed by atoms with Crippen molar-refractivity contribution in [3.8, 4) is 0 Å². The first-order valence-electron chi connectivity index (χ1n) is 5.54. The van der Waals surface area contributed by atoms with Gasteiger partial charge in [-0.3, -0.25) is 0 Å². The number of unbranched alkanes of at least 4 members (excludes halogenated alkanes) is 1. The molecule has 83 valence electrons. The van der Waals surface area contributed by atoms with Gasteiger partial charge in [-0.05, 0) is 18.1 Å². The second kappa shape index (κ2) is 8.45. The van der Waals surface area contributed by atoms with Crippen molar-refractivity contribution in [3.63, 3.8) is 0 Å². The molecule has 0 unspecified atom stereocenters. The fourth-order valence-corrected chi connectivity index (χ4v) is 1.17. The van der Waals surface area contributed by atoms with Gasteiger partial charge in [-0.2, -0.15) is 0 Å². The van der Waals surface area contributed by atoms with Crippen LogP contribution in [0.5, 0.6) is 0 Å². The van der Waals surface area contributed by atoms with Crippen LogP contribution < -0.4 is 0 Å². The van der Waals surface area contributed by atoms with Crippen molar-refractivity contribution in [1.29, 1.82) is 0 Å². The van der Waals surface area contributed by atoms with Crippen molar-refractivity contribution in [2.75, 3.05) is 19.8 Å². The van der Waals surface area contributed by atoms with E-state index in [1.807, 2.05) is 24.3 Å². The lowest BCUT2D eigenvalue weighted by Crippen LogP contribution is -2.05. The molecule has 0 N–H and O–H groups in total. The molecule has 2 nitrogen and oxygen atoms in total. The van der Waals surface area contributed by atoms with Crippen LogP contribution in [0.2, 0.25) is 0 Å². The summed E-state index contributed by atoms with van der Waals surface area (Å²) in [4.78, 5) is 0. The Morgan fingerprint density at radius 2 is 1.80 bits per heavy atom. The van der Waals surface area contributed by atoms with Crippen molar-refractivity contribution >= 4 is 0 Å². The fourth-order valence-electron chi connectivity index (χ4n) is 1.17. The summed E-state index contributed by atoms with van der Waals surface area (Å²) >= 11 is 0.